The van der Waals surface area contributed by atoms with Crippen molar-refractivity contribution in [3.8, 4) is 0 Å². The Morgan fingerprint density at radius 2 is 1.47 bits per heavy atom. The molecule has 0 saturated carbocycles. The molecule has 2 aliphatic heterocycles. The van der Waals surface area contributed by atoms with Crippen LogP contribution in [0.4, 0.5) is 11.4 Å². The van der Waals surface area contributed by atoms with Gasteiger partial charge in [0, 0.05) is 34.4 Å². The summed E-state index contributed by atoms with van der Waals surface area (Å²) in [5, 5.41) is 3.53. The number of fused-ring (bicyclic) bond motifs is 6. The summed E-state index contributed by atoms with van der Waals surface area (Å²) in [6.45, 7) is 0. The average Bonchev–Trinajstić information content (AvgIpc) is 3.15. The van der Waals surface area contributed by atoms with Gasteiger partial charge < -0.3 is 5.32 Å². The fraction of sp³-hybridized carbons (Fsp3) is 0.121. The molecule has 0 saturated heterocycles. The van der Waals surface area contributed by atoms with Crippen molar-refractivity contribution in [3.63, 3.8) is 0 Å². The van der Waals surface area contributed by atoms with Crippen LogP contribution < -0.4 is 10.2 Å². The second-order valence-corrected chi connectivity index (χ2v) is 10.0. The second kappa shape index (κ2) is 8.67. The minimum atomic E-state index is -0.498. The quantitative estimate of drug-likeness (QED) is 0.331. The van der Waals surface area contributed by atoms with E-state index in [1.165, 1.54) is 0 Å². The van der Waals surface area contributed by atoms with E-state index in [4.69, 9.17) is 0 Å². The Balaban J connectivity index is 1.39. The van der Waals surface area contributed by atoms with Gasteiger partial charge in [0.15, 0.2) is 11.6 Å². The summed E-state index contributed by atoms with van der Waals surface area (Å²) in [4.78, 5) is 42.6. The zero-order chi connectivity index (χ0) is 25.8. The Labute approximate surface area is 220 Å². The number of anilines is 2. The molecule has 2 atom stereocenters. The fourth-order valence-electron chi connectivity index (χ4n) is 6.08. The van der Waals surface area contributed by atoms with Crippen LogP contribution in [0.2, 0.25) is 0 Å². The molecule has 3 aliphatic rings. The Hall–Kier alpha value is -4.77. The third-order valence-electron chi connectivity index (χ3n) is 7.85. The highest BCUT2D eigenvalue weighted by Gasteiger charge is 2.46. The van der Waals surface area contributed by atoms with Crippen molar-refractivity contribution < 1.29 is 14.4 Å². The van der Waals surface area contributed by atoms with Crippen molar-refractivity contribution >= 4 is 28.8 Å². The lowest BCUT2D eigenvalue weighted by atomic mass is 9.78. The molecule has 0 radical (unpaired) electrons. The average molecular weight is 497 g/mol. The van der Waals surface area contributed by atoms with Crippen molar-refractivity contribution in [3.05, 3.63) is 142 Å². The van der Waals surface area contributed by atoms with Crippen molar-refractivity contribution in [2.24, 2.45) is 0 Å². The molecule has 1 N–H and O–H groups in total. The van der Waals surface area contributed by atoms with E-state index in [9.17, 15) is 14.4 Å². The van der Waals surface area contributed by atoms with Gasteiger partial charge in [-0.2, -0.15) is 0 Å². The number of hydrogen-bond acceptors (Lipinski definition) is 4. The maximum Gasteiger partial charge on any atom is 0.259 e. The number of benzene rings is 4. The first-order valence-electron chi connectivity index (χ1n) is 12.8. The summed E-state index contributed by atoms with van der Waals surface area (Å²) in [6.07, 6.45) is 1.03. The molecular formula is C33H24N2O3. The maximum atomic E-state index is 13.8. The molecule has 5 nitrogen and oxygen atoms in total. The molecule has 0 spiro atoms. The lowest BCUT2D eigenvalue weighted by molar-refractivity contribution is -0.116. The smallest absolute Gasteiger partial charge is 0.259 e. The summed E-state index contributed by atoms with van der Waals surface area (Å²) >= 11 is 0. The van der Waals surface area contributed by atoms with Gasteiger partial charge >= 0.3 is 0 Å². The Kier molecular flexibility index (Phi) is 5.11. The molecule has 0 bridgehead atoms. The van der Waals surface area contributed by atoms with Crippen LogP contribution in [-0.4, -0.2) is 17.5 Å². The van der Waals surface area contributed by atoms with Crippen LogP contribution in [0, 0.1) is 0 Å². The van der Waals surface area contributed by atoms with Crippen LogP contribution >= 0.6 is 0 Å². The monoisotopic (exact) mass is 496 g/mol. The third kappa shape index (κ3) is 3.43. The number of hydrogen-bond donors (Lipinski definition) is 1. The number of amides is 1. The van der Waals surface area contributed by atoms with Crippen LogP contribution in [0.15, 0.2) is 114 Å². The fourth-order valence-corrected chi connectivity index (χ4v) is 6.08. The van der Waals surface area contributed by atoms with E-state index in [1.807, 2.05) is 72.8 Å². The molecule has 0 aromatic heterocycles. The Morgan fingerprint density at radius 1 is 0.763 bits per heavy atom. The van der Waals surface area contributed by atoms with Gasteiger partial charge in [0.2, 0.25) is 0 Å². The number of allylic oxidation sites excluding steroid dienone is 1. The number of Topliss-reactive ketones (excluding diaryl/α,β-unsaturated/α-hetero) is 1. The van der Waals surface area contributed by atoms with E-state index in [0.717, 1.165) is 16.8 Å². The van der Waals surface area contributed by atoms with E-state index in [1.54, 1.807) is 23.1 Å². The van der Waals surface area contributed by atoms with Gasteiger partial charge in [0.05, 0.1) is 17.4 Å². The maximum absolute atomic E-state index is 13.8. The molecule has 184 valence electrons. The minimum absolute atomic E-state index is 0.0337. The van der Waals surface area contributed by atoms with Gasteiger partial charge in [-0.05, 0) is 47.7 Å². The van der Waals surface area contributed by atoms with Crippen LogP contribution in [-0.2, 0) is 4.79 Å². The first kappa shape index (κ1) is 22.4. The van der Waals surface area contributed by atoms with Crippen LogP contribution in [0.5, 0.6) is 0 Å². The normalized spacial score (nSPS) is 19.6. The van der Waals surface area contributed by atoms with Gasteiger partial charge in [0.1, 0.15) is 0 Å². The number of nitrogens with zero attached hydrogens (tertiary/aromatic N) is 1. The molecular weight excluding hydrogens is 472 g/mol. The number of nitrogens with one attached hydrogen (secondary N) is 1. The lowest BCUT2D eigenvalue weighted by Gasteiger charge is -2.30. The molecule has 0 fully saturated rings. The first-order valence-corrected chi connectivity index (χ1v) is 12.8. The highest BCUT2D eigenvalue weighted by atomic mass is 16.2. The summed E-state index contributed by atoms with van der Waals surface area (Å²) in [7, 11) is 0. The Morgan fingerprint density at radius 3 is 2.26 bits per heavy atom. The standard InChI is InChI=1S/C33H24N2O3/c36-29-19-23(20-9-3-1-4-10-20)18-27-30(29)31-24-13-7-8-14-25(24)33(38)35(31)28-16-15-22(17-26(28)34-27)32(37)21-11-5-2-6-12-21/h1-17,23,31,34H,18-19H2. The van der Waals surface area contributed by atoms with Gasteiger partial charge in [-0.15, -0.1) is 0 Å². The third-order valence-corrected chi connectivity index (χ3v) is 7.85. The van der Waals surface area contributed by atoms with Gasteiger partial charge in [-0.3, -0.25) is 19.3 Å². The van der Waals surface area contributed by atoms with Crippen molar-refractivity contribution in [2.75, 3.05) is 10.2 Å². The first-order chi connectivity index (χ1) is 18.6. The molecule has 1 aliphatic carbocycles. The van der Waals surface area contributed by atoms with E-state index >= 15 is 0 Å². The van der Waals surface area contributed by atoms with E-state index < -0.39 is 6.04 Å². The van der Waals surface area contributed by atoms with E-state index in [2.05, 4.69) is 17.4 Å². The van der Waals surface area contributed by atoms with Crippen molar-refractivity contribution in [2.45, 2.75) is 24.8 Å². The molecule has 5 heteroatoms. The Bertz CT molecular complexity index is 1660. The predicted octanol–water partition coefficient (Wildman–Crippen LogP) is 6.45. The predicted molar refractivity (Wildman–Crippen MR) is 146 cm³/mol. The van der Waals surface area contributed by atoms with Gasteiger partial charge in [-0.1, -0.05) is 78.9 Å². The molecule has 38 heavy (non-hydrogen) atoms. The zero-order valence-electron chi connectivity index (χ0n) is 20.6. The van der Waals surface area contributed by atoms with Crippen molar-refractivity contribution in [1.29, 1.82) is 0 Å². The van der Waals surface area contributed by atoms with Crippen LogP contribution in [0.1, 0.15) is 62.2 Å². The van der Waals surface area contributed by atoms with Gasteiger partial charge in [0.25, 0.3) is 5.91 Å². The molecule has 1 amide bonds. The summed E-state index contributed by atoms with van der Waals surface area (Å²) in [5.41, 5.74) is 6.47. The summed E-state index contributed by atoms with van der Waals surface area (Å²) < 4.78 is 0. The minimum Gasteiger partial charge on any atom is -0.357 e. The van der Waals surface area contributed by atoms with Crippen molar-refractivity contribution in [1.82, 2.24) is 0 Å². The number of ketones is 2. The van der Waals surface area contributed by atoms with Crippen LogP contribution in [0.3, 0.4) is 0 Å². The highest BCUT2D eigenvalue weighted by molar-refractivity contribution is 6.17. The van der Waals surface area contributed by atoms with Gasteiger partial charge in [-0.25, -0.2) is 0 Å². The number of rotatable bonds is 3. The molecule has 7 rings (SSSR count). The van der Waals surface area contributed by atoms with Crippen LogP contribution in [0.25, 0.3) is 0 Å². The summed E-state index contributed by atoms with van der Waals surface area (Å²) in [6, 6.07) is 31.7. The zero-order valence-corrected chi connectivity index (χ0v) is 20.6. The lowest BCUT2D eigenvalue weighted by Crippen LogP contribution is -2.32. The number of carbonyl (C=O) groups excluding carboxylic acids is 3. The highest BCUT2D eigenvalue weighted by Crippen LogP contribution is 2.51. The topological polar surface area (TPSA) is 66.5 Å². The molecule has 2 unspecified atom stereocenters. The molecule has 2 heterocycles. The van der Waals surface area contributed by atoms with E-state index in [0.29, 0.717) is 46.5 Å². The second-order valence-electron chi connectivity index (χ2n) is 10.0. The van der Waals surface area contributed by atoms with E-state index in [-0.39, 0.29) is 23.4 Å². The summed E-state index contributed by atoms with van der Waals surface area (Å²) in [5.74, 6) is -0.155. The largest absolute Gasteiger partial charge is 0.357 e. The molecule has 4 aromatic carbocycles. The SMILES string of the molecule is O=C1CC(c2ccccc2)CC2=C1C1c3ccccc3C(=O)N1c1ccc(C(=O)c3ccccc3)cc1N2. The molecule has 4 aromatic rings. The number of carbonyl (C=O) groups is 3.